The third kappa shape index (κ3) is 6.09. The first-order chi connectivity index (χ1) is 9.02. The van der Waals surface area contributed by atoms with Gasteiger partial charge in [0.1, 0.15) is 0 Å². The fraction of sp³-hybridized carbons (Fsp3) is 0.500. The van der Waals surface area contributed by atoms with Gasteiger partial charge in [0.15, 0.2) is 0 Å². The number of amides is 1. The molecule has 0 aliphatic carbocycles. The molecule has 1 aromatic rings. The lowest BCUT2D eigenvalue weighted by Crippen LogP contribution is -2.33. The SMILES string of the molecule is Cc1ccc(SCCC(=O)NCC(O)CO)cc1C. The number of thioether (sulfide) groups is 1. The van der Waals surface area contributed by atoms with Gasteiger partial charge in [-0.3, -0.25) is 4.79 Å². The van der Waals surface area contributed by atoms with Gasteiger partial charge in [0.25, 0.3) is 0 Å². The molecule has 0 saturated heterocycles. The number of aryl methyl sites for hydroxylation is 2. The fourth-order valence-electron chi connectivity index (χ4n) is 1.45. The van der Waals surface area contributed by atoms with Gasteiger partial charge in [0.05, 0.1) is 12.7 Å². The molecular weight excluding hydrogens is 262 g/mol. The Kier molecular flexibility index (Phi) is 6.91. The minimum atomic E-state index is -0.878. The molecule has 1 atom stereocenters. The van der Waals surface area contributed by atoms with E-state index in [1.54, 1.807) is 11.8 Å². The number of hydrogen-bond acceptors (Lipinski definition) is 4. The second kappa shape index (κ2) is 8.19. The lowest BCUT2D eigenvalue weighted by molar-refractivity contribution is -0.121. The normalized spacial score (nSPS) is 12.2. The number of aliphatic hydroxyl groups excluding tert-OH is 2. The maximum Gasteiger partial charge on any atom is 0.220 e. The molecule has 0 aromatic heterocycles. The van der Waals surface area contributed by atoms with E-state index < -0.39 is 6.10 Å². The van der Waals surface area contributed by atoms with Gasteiger partial charge in [-0.05, 0) is 37.1 Å². The van der Waals surface area contributed by atoms with Crippen LogP contribution in [-0.4, -0.2) is 41.1 Å². The van der Waals surface area contributed by atoms with Gasteiger partial charge in [0.2, 0.25) is 5.91 Å². The molecule has 0 aliphatic heterocycles. The smallest absolute Gasteiger partial charge is 0.220 e. The van der Waals surface area contributed by atoms with Crippen molar-refractivity contribution in [3.63, 3.8) is 0 Å². The molecule has 1 aromatic carbocycles. The van der Waals surface area contributed by atoms with Crippen LogP contribution in [-0.2, 0) is 4.79 Å². The van der Waals surface area contributed by atoms with Crippen LogP contribution in [0.4, 0.5) is 0 Å². The van der Waals surface area contributed by atoms with Crippen LogP contribution in [0.15, 0.2) is 23.1 Å². The van der Waals surface area contributed by atoms with Crippen molar-refractivity contribution in [1.29, 1.82) is 0 Å². The van der Waals surface area contributed by atoms with E-state index in [1.807, 2.05) is 0 Å². The van der Waals surface area contributed by atoms with E-state index in [4.69, 9.17) is 10.2 Å². The Labute approximate surface area is 118 Å². The molecule has 19 heavy (non-hydrogen) atoms. The highest BCUT2D eigenvalue weighted by Crippen LogP contribution is 2.21. The van der Waals surface area contributed by atoms with Crippen LogP contribution in [0.25, 0.3) is 0 Å². The van der Waals surface area contributed by atoms with Gasteiger partial charge in [-0.25, -0.2) is 0 Å². The van der Waals surface area contributed by atoms with Crippen molar-refractivity contribution >= 4 is 17.7 Å². The van der Waals surface area contributed by atoms with E-state index in [1.165, 1.54) is 11.1 Å². The third-order valence-electron chi connectivity index (χ3n) is 2.82. The lowest BCUT2D eigenvalue weighted by atomic mass is 10.1. The molecule has 0 fully saturated rings. The largest absolute Gasteiger partial charge is 0.394 e. The summed E-state index contributed by atoms with van der Waals surface area (Å²) in [6.07, 6.45) is -0.480. The molecule has 0 aliphatic rings. The van der Waals surface area contributed by atoms with E-state index in [-0.39, 0.29) is 19.1 Å². The fourth-order valence-corrected chi connectivity index (χ4v) is 2.40. The summed E-state index contributed by atoms with van der Waals surface area (Å²) in [5.41, 5.74) is 2.51. The molecule has 4 nitrogen and oxygen atoms in total. The Morgan fingerprint density at radius 3 is 2.74 bits per heavy atom. The number of hydrogen-bond donors (Lipinski definition) is 3. The molecule has 1 amide bonds. The van der Waals surface area contributed by atoms with Crippen molar-refractivity contribution in [2.24, 2.45) is 0 Å². The highest BCUT2D eigenvalue weighted by molar-refractivity contribution is 7.99. The van der Waals surface area contributed by atoms with Gasteiger partial charge in [-0.15, -0.1) is 11.8 Å². The number of carbonyl (C=O) groups is 1. The minimum absolute atomic E-state index is 0.101. The van der Waals surface area contributed by atoms with Crippen LogP contribution in [0.3, 0.4) is 0 Å². The Bertz CT molecular complexity index is 423. The molecule has 0 heterocycles. The topological polar surface area (TPSA) is 69.6 Å². The van der Waals surface area contributed by atoms with Crippen LogP contribution in [0.5, 0.6) is 0 Å². The van der Waals surface area contributed by atoms with E-state index in [9.17, 15) is 4.79 Å². The van der Waals surface area contributed by atoms with Crippen molar-refractivity contribution < 1.29 is 15.0 Å². The minimum Gasteiger partial charge on any atom is -0.394 e. The Morgan fingerprint density at radius 1 is 1.37 bits per heavy atom. The third-order valence-corrected chi connectivity index (χ3v) is 3.82. The van der Waals surface area contributed by atoms with Gasteiger partial charge >= 0.3 is 0 Å². The lowest BCUT2D eigenvalue weighted by Gasteiger charge is -2.09. The number of nitrogens with one attached hydrogen (secondary N) is 1. The van der Waals surface area contributed by atoms with E-state index in [0.717, 1.165) is 4.90 Å². The predicted octanol–water partition coefficient (Wildman–Crippen LogP) is 1.26. The summed E-state index contributed by atoms with van der Waals surface area (Å²) in [5.74, 6) is 0.590. The summed E-state index contributed by atoms with van der Waals surface area (Å²) in [7, 11) is 0. The first kappa shape index (κ1) is 16.0. The highest BCUT2D eigenvalue weighted by atomic mass is 32.2. The summed E-state index contributed by atoms with van der Waals surface area (Å²) in [5, 5.41) is 20.3. The quantitative estimate of drug-likeness (QED) is 0.659. The number of benzene rings is 1. The first-order valence-electron chi connectivity index (χ1n) is 6.28. The average molecular weight is 283 g/mol. The molecule has 0 spiro atoms. The van der Waals surface area contributed by atoms with Gasteiger partial charge < -0.3 is 15.5 Å². The summed E-state index contributed by atoms with van der Waals surface area (Å²) in [6, 6.07) is 6.25. The van der Waals surface area contributed by atoms with Crippen molar-refractivity contribution in [3.05, 3.63) is 29.3 Å². The van der Waals surface area contributed by atoms with Crippen molar-refractivity contribution in [2.75, 3.05) is 18.9 Å². The van der Waals surface area contributed by atoms with E-state index >= 15 is 0 Å². The number of rotatable bonds is 7. The molecule has 5 heteroatoms. The van der Waals surface area contributed by atoms with Crippen LogP contribution < -0.4 is 5.32 Å². The number of carbonyl (C=O) groups excluding carboxylic acids is 1. The maximum atomic E-state index is 11.5. The molecular formula is C14H21NO3S. The zero-order chi connectivity index (χ0) is 14.3. The molecule has 106 valence electrons. The standard InChI is InChI=1S/C14H21NO3S/c1-10-3-4-13(7-11(10)2)19-6-5-14(18)15-8-12(17)9-16/h3-4,7,12,16-17H,5-6,8-9H2,1-2H3,(H,15,18). The van der Waals surface area contributed by atoms with Gasteiger partial charge in [-0.2, -0.15) is 0 Å². The molecule has 3 N–H and O–H groups in total. The van der Waals surface area contributed by atoms with Crippen LogP contribution in [0, 0.1) is 13.8 Å². The average Bonchev–Trinajstić information content (AvgIpc) is 2.40. The van der Waals surface area contributed by atoms with Crippen molar-refractivity contribution in [1.82, 2.24) is 5.32 Å². The van der Waals surface area contributed by atoms with E-state index in [0.29, 0.717) is 12.2 Å². The van der Waals surface area contributed by atoms with Crippen LogP contribution in [0.2, 0.25) is 0 Å². The summed E-state index contributed by atoms with van der Waals surface area (Å²) in [4.78, 5) is 12.6. The number of aliphatic hydroxyl groups is 2. The monoisotopic (exact) mass is 283 g/mol. The summed E-state index contributed by atoms with van der Waals surface area (Å²) < 4.78 is 0. The maximum absolute atomic E-state index is 11.5. The Balaban J connectivity index is 2.26. The second-order valence-corrected chi connectivity index (χ2v) is 5.65. The summed E-state index contributed by atoms with van der Waals surface area (Å²) in [6.45, 7) is 3.91. The van der Waals surface area contributed by atoms with Crippen LogP contribution in [0.1, 0.15) is 17.5 Å². The van der Waals surface area contributed by atoms with Gasteiger partial charge in [-0.1, -0.05) is 6.07 Å². The van der Waals surface area contributed by atoms with Crippen molar-refractivity contribution in [2.45, 2.75) is 31.3 Å². The predicted molar refractivity (Wildman–Crippen MR) is 77.4 cm³/mol. The highest BCUT2D eigenvalue weighted by Gasteiger charge is 2.06. The Morgan fingerprint density at radius 2 is 2.11 bits per heavy atom. The Hall–Kier alpha value is -1.04. The molecule has 0 radical (unpaired) electrons. The second-order valence-electron chi connectivity index (χ2n) is 4.49. The zero-order valence-electron chi connectivity index (χ0n) is 11.3. The molecule has 1 unspecified atom stereocenters. The summed E-state index contributed by atoms with van der Waals surface area (Å²) >= 11 is 1.64. The molecule has 0 bridgehead atoms. The van der Waals surface area contributed by atoms with E-state index in [2.05, 4.69) is 37.4 Å². The van der Waals surface area contributed by atoms with Gasteiger partial charge in [0, 0.05) is 23.6 Å². The van der Waals surface area contributed by atoms with Crippen LogP contribution >= 0.6 is 11.8 Å². The molecule has 1 rings (SSSR count). The van der Waals surface area contributed by atoms with Crippen molar-refractivity contribution in [3.8, 4) is 0 Å². The first-order valence-corrected chi connectivity index (χ1v) is 7.27. The molecule has 0 saturated carbocycles. The zero-order valence-corrected chi connectivity index (χ0v) is 12.2.